The Bertz CT molecular complexity index is 513. The summed E-state index contributed by atoms with van der Waals surface area (Å²) < 4.78 is 38.4. The maximum absolute atomic E-state index is 12.5. The number of aliphatic hydroxyl groups excluding tert-OH is 1. The van der Waals surface area contributed by atoms with Gasteiger partial charge in [0.15, 0.2) is 11.9 Å². The molecular weight excluding hydrogens is 287 g/mol. The summed E-state index contributed by atoms with van der Waals surface area (Å²) in [6.07, 6.45) is -7.14. The Morgan fingerprint density at radius 3 is 2.53 bits per heavy atom. The van der Waals surface area contributed by atoms with E-state index in [1.54, 1.807) is 0 Å². The number of nitrogens with zero attached hydrogens (tertiary/aromatic N) is 1. The van der Waals surface area contributed by atoms with Crippen LogP contribution in [0.2, 0.25) is 0 Å². The van der Waals surface area contributed by atoms with Gasteiger partial charge in [0, 0.05) is 19.0 Å². The Morgan fingerprint density at radius 1 is 1.47 bits per heavy atom. The number of aromatic hydroxyl groups is 1. The first kappa shape index (κ1) is 15.8. The number of alkyl halides is 4. The second kappa shape index (κ2) is 5.83. The molecule has 1 atom stereocenters. The fourth-order valence-electron chi connectivity index (χ4n) is 1.71. The summed E-state index contributed by atoms with van der Waals surface area (Å²) in [7, 11) is 1.24. The van der Waals surface area contributed by atoms with Gasteiger partial charge < -0.3 is 14.8 Å². The van der Waals surface area contributed by atoms with Gasteiger partial charge in [0.1, 0.15) is 0 Å². The van der Waals surface area contributed by atoms with Crippen molar-refractivity contribution in [2.45, 2.75) is 25.1 Å². The molecule has 0 aromatic carbocycles. The molecule has 0 aliphatic heterocycles. The number of rotatable bonds is 4. The topological polar surface area (TPSA) is 62.5 Å². The van der Waals surface area contributed by atoms with Crippen molar-refractivity contribution in [3.63, 3.8) is 0 Å². The van der Waals surface area contributed by atoms with Crippen LogP contribution in [0.3, 0.4) is 0 Å². The molecule has 0 amide bonds. The van der Waals surface area contributed by atoms with Gasteiger partial charge in [-0.2, -0.15) is 13.2 Å². The van der Waals surface area contributed by atoms with Crippen LogP contribution in [0.1, 0.15) is 23.9 Å². The highest BCUT2D eigenvalue weighted by molar-refractivity contribution is 6.17. The molecule has 0 spiro atoms. The van der Waals surface area contributed by atoms with Crippen molar-refractivity contribution in [3.05, 3.63) is 27.7 Å². The largest absolute Gasteiger partial charge is 0.503 e. The summed E-state index contributed by atoms with van der Waals surface area (Å²) in [6, 6.07) is 0.581. The van der Waals surface area contributed by atoms with Crippen molar-refractivity contribution in [3.8, 4) is 5.75 Å². The highest BCUT2D eigenvalue weighted by atomic mass is 35.5. The standard InChI is InChI=1S/C11H13ClF3NO3/c1-16-6(3-2-4-12)9(18)8(17)5-7(16)10(19)11(13,14)15/h5,10,18-19H,2-4H2,1H3. The van der Waals surface area contributed by atoms with E-state index in [-0.39, 0.29) is 18.0 Å². The molecule has 1 aromatic rings. The van der Waals surface area contributed by atoms with Crippen molar-refractivity contribution in [2.24, 2.45) is 7.05 Å². The summed E-state index contributed by atoms with van der Waals surface area (Å²) >= 11 is 5.47. The highest BCUT2D eigenvalue weighted by Crippen LogP contribution is 2.32. The van der Waals surface area contributed by atoms with Crippen LogP contribution < -0.4 is 5.43 Å². The maximum atomic E-state index is 12.5. The van der Waals surface area contributed by atoms with Gasteiger partial charge in [-0.05, 0) is 12.8 Å². The molecule has 4 nitrogen and oxygen atoms in total. The minimum absolute atomic E-state index is 0.0199. The summed E-state index contributed by atoms with van der Waals surface area (Å²) in [4.78, 5) is 11.4. The average Bonchev–Trinajstić information content (AvgIpc) is 2.32. The van der Waals surface area contributed by atoms with Crippen molar-refractivity contribution in [2.75, 3.05) is 5.88 Å². The fraction of sp³-hybridized carbons (Fsp3) is 0.545. The van der Waals surface area contributed by atoms with Gasteiger partial charge in [0.2, 0.25) is 5.43 Å². The number of halogens is 4. The molecule has 0 saturated carbocycles. The third kappa shape index (κ3) is 3.42. The lowest BCUT2D eigenvalue weighted by Gasteiger charge is -2.21. The van der Waals surface area contributed by atoms with E-state index >= 15 is 0 Å². The number of hydrogen-bond donors (Lipinski definition) is 2. The zero-order valence-corrected chi connectivity index (χ0v) is 10.8. The molecule has 0 radical (unpaired) electrons. The van der Waals surface area contributed by atoms with Gasteiger partial charge in [-0.3, -0.25) is 4.79 Å². The summed E-state index contributed by atoms with van der Waals surface area (Å²) in [5, 5.41) is 18.8. The Kier molecular flexibility index (Phi) is 4.86. The summed E-state index contributed by atoms with van der Waals surface area (Å²) in [6.45, 7) is 0. The van der Waals surface area contributed by atoms with E-state index in [4.69, 9.17) is 11.6 Å². The van der Waals surface area contributed by atoms with E-state index in [0.29, 0.717) is 12.5 Å². The summed E-state index contributed by atoms with van der Waals surface area (Å²) in [5.74, 6) is -0.384. The smallest absolute Gasteiger partial charge is 0.420 e. The molecular formula is C11H13ClF3NO3. The first-order chi connectivity index (χ1) is 8.70. The number of hydrogen-bond acceptors (Lipinski definition) is 3. The monoisotopic (exact) mass is 299 g/mol. The van der Waals surface area contributed by atoms with E-state index in [1.165, 1.54) is 7.05 Å². The van der Waals surface area contributed by atoms with Crippen molar-refractivity contribution >= 4 is 11.6 Å². The quantitative estimate of drug-likeness (QED) is 0.834. The lowest BCUT2D eigenvalue weighted by atomic mass is 10.1. The lowest BCUT2D eigenvalue weighted by molar-refractivity contribution is -0.208. The predicted molar refractivity (Wildman–Crippen MR) is 63.4 cm³/mol. The Morgan fingerprint density at radius 2 is 2.05 bits per heavy atom. The Hall–Kier alpha value is -1.21. The second-order valence-corrected chi connectivity index (χ2v) is 4.40. The third-order valence-corrected chi connectivity index (χ3v) is 2.98. The van der Waals surface area contributed by atoms with Crippen LogP contribution >= 0.6 is 11.6 Å². The zero-order valence-electron chi connectivity index (χ0n) is 10.0. The molecule has 0 fully saturated rings. The minimum atomic E-state index is -4.88. The maximum Gasteiger partial charge on any atom is 0.420 e. The molecule has 0 saturated heterocycles. The molecule has 0 bridgehead atoms. The van der Waals surface area contributed by atoms with Crippen molar-refractivity contribution in [1.82, 2.24) is 4.57 Å². The molecule has 0 aliphatic carbocycles. The van der Waals surface area contributed by atoms with E-state index in [0.717, 1.165) is 4.57 Å². The van der Waals surface area contributed by atoms with Gasteiger partial charge in [0.05, 0.1) is 11.4 Å². The SMILES string of the molecule is Cn1c(C(O)C(F)(F)F)cc(=O)c(O)c1CCCCl. The van der Waals surface area contributed by atoms with Crippen LogP contribution in [0.25, 0.3) is 0 Å². The zero-order chi connectivity index (χ0) is 14.8. The third-order valence-electron chi connectivity index (χ3n) is 2.72. The predicted octanol–water partition coefficient (Wildman–Crippen LogP) is 1.86. The summed E-state index contributed by atoms with van der Waals surface area (Å²) in [5.41, 5.74) is -1.55. The van der Waals surface area contributed by atoms with Crippen molar-refractivity contribution in [1.29, 1.82) is 0 Å². The Labute approximate surface area is 112 Å². The average molecular weight is 300 g/mol. The van der Waals surface area contributed by atoms with Gasteiger partial charge in [-0.25, -0.2) is 0 Å². The number of pyridine rings is 1. The normalized spacial score (nSPS) is 13.6. The van der Waals surface area contributed by atoms with Gasteiger partial charge in [0.25, 0.3) is 0 Å². The van der Waals surface area contributed by atoms with E-state index in [1.807, 2.05) is 0 Å². The van der Waals surface area contributed by atoms with Crippen LogP contribution in [0.5, 0.6) is 5.75 Å². The lowest BCUT2D eigenvalue weighted by Crippen LogP contribution is -2.27. The second-order valence-electron chi connectivity index (χ2n) is 4.02. The first-order valence-electron chi connectivity index (χ1n) is 5.42. The molecule has 8 heteroatoms. The van der Waals surface area contributed by atoms with Gasteiger partial charge in [-0.1, -0.05) is 0 Å². The van der Waals surface area contributed by atoms with E-state index < -0.39 is 29.2 Å². The Balaban J connectivity index is 3.35. The van der Waals surface area contributed by atoms with Gasteiger partial charge >= 0.3 is 6.18 Å². The molecule has 1 heterocycles. The number of aromatic nitrogens is 1. The minimum Gasteiger partial charge on any atom is -0.503 e. The molecule has 0 aliphatic rings. The van der Waals surface area contributed by atoms with Crippen LogP contribution in [-0.4, -0.2) is 26.8 Å². The van der Waals surface area contributed by atoms with Crippen LogP contribution in [0.15, 0.2) is 10.9 Å². The number of aliphatic hydroxyl groups is 1. The van der Waals surface area contributed by atoms with Crippen LogP contribution in [0.4, 0.5) is 13.2 Å². The highest BCUT2D eigenvalue weighted by Gasteiger charge is 2.41. The molecule has 19 heavy (non-hydrogen) atoms. The molecule has 1 rings (SSSR count). The van der Waals surface area contributed by atoms with Crippen LogP contribution in [-0.2, 0) is 13.5 Å². The molecule has 1 aromatic heterocycles. The fourth-order valence-corrected chi connectivity index (χ4v) is 1.84. The van der Waals surface area contributed by atoms with E-state index in [9.17, 15) is 28.2 Å². The van der Waals surface area contributed by atoms with Gasteiger partial charge in [-0.15, -0.1) is 11.6 Å². The van der Waals surface area contributed by atoms with E-state index in [2.05, 4.69) is 0 Å². The van der Waals surface area contributed by atoms with Crippen LogP contribution in [0, 0.1) is 0 Å². The first-order valence-corrected chi connectivity index (χ1v) is 5.96. The van der Waals surface area contributed by atoms with Crippen molar-refractivity contribution < 1.29 is 23.4 Å². The molecule has 2 N–H and O–H groups in total. The molecule has 1 unspecified atom stereocenters. The molecule has 108 valence electrons.